The molecule has 0 fully saturated rings. The zero-order valence-electron chi connectivity index (χ0n) is 14.3. The lowest BCUT2D eigenvalue weighted by molar-refractivity contribution is 0.0997. The summed E-state index contributed by atoms with van der Waals surface area (Å²) in [4.78, 5) is 12.6. The standard InChI is InChI=1S/C19H18N2O4S/c1-13-8-9-15(12-17(13)21-26(2,23)24)20-19(22)18-16(10-11-25-18)14-6-4-3-5-7-14/h3-12,21H,1-2H3,(H,20,22). The number of hydrogen-bond acceptors (Lipinski definition) is 4. The molecular formula is C19H18N2O4S. The molecule has 0 bridgehead atoms. The van der Waals surface area contributed by atoms with Crippen LogP contribution in [0, 0.1) is 6.92 Å². The largest absolute Gasteiger partial charge is 0.459 e. The van der Waals surface area contributed by atoms with Gasteiger partial charge in [-0.2, -0.15) is 0 Å². The normalized spacial score (nSPS) is 11.2. The SMILES string of the molecule is Cc1ccc(NC(=O)c2occc2-c2ccccc2)cc1NS(C)(=O)=O. The molecule has 1 heterocycles. The Morgan fingerprint density at radius 2 is 1.77 bits per heavy atom. The minimum absolute atomic E-state index is 0.189. The number of hydrogen-bond donors (Lipinski definition) is 2. The first-order valence-corrected chi connectivity index (χ1v) is 9.75. The van der Waals surface area contributed by atoms with E-state index in [-0.39, 0.29) is 5.76 Å². The molecule has 0 aliphatic heterocycles. The molecule has 6 nitrogen and oxygen atoms in total. The number of nitrogens with one attached hydrogen (secondary N) is 2. The lowest BCUT2D eigenvalue weighted by atomic mass is 10.1. The monoisotopic (exact) mass is 370 g/mol. The van der Waals surface area contributed by atoms with Crippen LogP contribution in [0.4, 0.5) is 11.4 Å². The maximum atomic E-state index is 12.6. The van der Waals surface area contributed by atoms with Crippen LogP contribution in [-0.4, -0.2) is 20.6 Å². The molecule has 0 aliphatic rings. The second-order valence-corrected chi connectivity index (χ2v) is 7.64. The highest BCUT2D eigenvalue weighted by Crippen LogP contribution is 2.26. The van der Waals surface area contributed by atoms with Gasteiger partial charge in [0, 0.05) is 11.3 Å². The predicted octanol–water partition coefficient (Wildman–Crippen LogP) is 3.88. The lowest BCUT2D eigenvalue weighted by Crippen LogP contribution is -2.14. The van der Waals surface area contributed by atoms with Gasteiger partial charge in [-0.15, -0.1) is 0 Å². The van der Waals surface area contributed by atoms with E-state index in [9.17, 15) is 13.2 Å². The van der Waals surface area contributed by atoms with Gasteiger partial charge >= 0.3 is 0 Å². The van der Waals surface area contributed by atoms with E-state index >= 15 is 0 Å². The Morgan fingerprint density at radius 1 is 1.04 bits per heavy atom. The average Bonchev–Trinajstić information content (AvgIpc) is 3.07. The highest BCUT2D eigenvalue weighted by molar-refractivity contribution is 7.92. The maximum Gasteiger partial charge on any atom is 0.292 e. The van der Waals surface area contributed by atoms with Crippen LogP contribution in [0.25, 0.3) is 11.1 Å². The van der Waals surface area contributed by atoms with Crippen LogP contribution in [0.3, 0.4) is 0 Å². The fourth-order valence-corrected chi connectivity index (χ4v) is 3.15. The van der Waals surface area contributed by atoms with Gasteiger partial charge < -0.3 is 9.73 Å². The number of furan rings is 1. The predicted molar refractivity (Wildman–Crippen MR) is 102 cm³/mol. The zero-order valence-corrected chi connectivity index (χ0v) is 15.1. The second-order valence-electron chi connectivity index (χ2n) is 5.89. The molecular weight excluding hydrogens is 352 g/mol. The summed E-state index contributed by atoms with van der Waals surface area (Å²) in [5.41, 5.74) is 3.17. The van der Waals surface area contributed by atoms with Gasteiger partial charge in [0.1, 0.15) is 0 Å². The first kappa shape index (κ1) is 17.8. The molecule has 0 spiro atoms. The van der Waals surface area contributed by atoms with Crippen molar-refractivity contribution in [2.45, 2.75) is 6.92 Å². The Labute approximate surface area is 151 Å². The Morgan fingerprint density at radius 3 is 2.46 bits per heavy atom. The van der Waals surface area contributed by atoms with Crippen molar-refractivity contribution < 1.29 is 17.6 Å². The van der Waals surface area contributed by atoms with Gasteiger partial charge in [0.05, 0.1) is 18.2 Å². The molecule has 7 heteroatoms. The molecule has 0 aliphatic carbocycles. The van der Waals surface area contributed by atoms with Crippen LogP contribution in [0.5, 0.6) is 0 Å². The van der Waals surface area contributed by atoms with E-state index in [1.165, 1.54) is 6.26 Å². The molecule has 3 aromatic rings. The van der Waals surface area contributed by atoms with Gasteiger partial charge in [0.2, 0.25) is 10.0 Å². The molecule has 0 saturated heterocycles. The number of sulfonamides is 1. The summed E-state index contributed by atoms with van der Waals surface area (Å²) >= 11 is 0. The van der Waals surface area contributed by atoms with Crippen molar-refractivity contribution in [2.24, 2.45) is 0 Å². The summed E-state index contributed by atoms with van der Waals surface area (Å²) in [6, 6.07) is 16.2. The summed E-state index contributed by atoms with van der Waals surface area (Å²) in [5, 5.41) is 2.74. The molecule has 2 N–H and O–H groups in total. The van der Waals surface area contributed by atoms with E-state index in [0.717, 1.165) is 17.4 Å². The highest BCUT2D eigenvalue weighted by Gasteiger charge is 2.17. The third kappa shape index (κ3) is 4.12. The van der Waals surface area contributed by atoms with Crippen molar-refractivity contribution in [2.75, 3.05) is 16.3 Å². The first-order chi connectivity index (χ1) is 12.3. The van der Waals surface area contributed by atoms with Crippen molar-refractivity contribution in [3.63, 3.8) is 0 Å². The van der Waals surface area contributed by atoms with E-state index in [1.807, 2.05) is 30.3 Å². The second kappa shape index (κ2) is 7.05. The average molecular weight is 370 g/mol. The van der Waals surface area contributed by atoms with Crippen molar-refractivity contribution in [1.29, 1.82) is 0 Å². The van der Waals surface area contributed by atoms with Crippen molar-refractivity contribution >= 4 is 27.3 Å². The molecule has 134 valence electrons. The molecule has 0 radical (unpaired) electrons. The quantitative estimate of drug-likeness (QED) is 0.713. The summed E-state index contributed by atoms with van der Waals surface area (Å²) in [6.45, 7) is 1.78. The molecule has 1 amide bonds. The van der Waals surface area contributed by atoms with Crippen molar-refractivity contribution in [3.8, 4) is 11.1 Å². The van der Waals surface area contributed by atoms with E-state index in [4.69, 9.17) is 4.42 Å². The fourth-order valence-electron chi connectivity index (χ4n) is 2.53. The number of carbonyl (C=O) groups excluding carboxylic acids is 1. The van der Waals surface area contributed by atoms with Crippen LogP contribution in [0.15, 0.2) is 65.3 Å². The zero-order chi connectivity index (χ0) is 18.7. The molecule has 26 heavy (non-hydrogen) atoms. The summed E-state index contributed by atoms with van der Waals surface area (Å²) in [7, 11) is -3.41. The Bertz CT molecular complexity index is 1040. The van der Waals surface area contributed by atoms with Gasteiger partial charge in [0.25, 0.3) is 5.91 Å². The van der Waals surface area contributed by atoms with E-state index in [0.29, 0.717) is 16.9 Å². The molecule has 1 aromatic heterocycles. The van der Waals surface area contributed by atoms with Crippen LogP contribution < -0.4 is 10.0 Å². The van der Waals surface area contributed by atoms with Gasteiger partial charge in [0.15, 0.2) is 5.76 Å². The van der Waals surface area contributed by atoms with Gasteiger partial charge in [-0.1, -0.05) is 36.4 Å². The van der Waals surface area contributed by atoms with E-state index in [1.54, 1.807) is 31.2 Å². The Kier molecular flexibility index (Phi) is 4.81. The van der Waals surface area contributed by atoms with Crippen LogP contribution >= 0.6 is 0 Å². The summed E-state index contributed by atoms with van der Waals surface area (Å²) in [6.07, 6.45) is 2.54. The van der Waals surface area contributed by atoms with Gasteiger partial charge in [-0.3, -0.25) is 9.52 Å². The molecule has 3 rings (SSSR count). The van der Waals surface area contributed by atoms with E-state index in [2.05, 4.69) is 10.0 Å². The molecule has 2 aromatic carbocycles. The fraction of sp³-hybridized carbons (Fsp3) is 0.105. The minimum Gasteiger partial charge on any atom is -0.459 e. The highest BCUT2D eigenvalue weighted by atomic mass is 32.2. The summed E-state index contributed by atoms with van der Waals surface area (Å²) in [5.74, 6) is -0.225. The maximum absolute atomic E-state index is 12.6. The van der Waals surface area contributed by atoms with Crippen LogP contribution in [0.2, 0.25) is 0 Å². The first-order valence-electron chi connectivity index (χ1n) is 7.86. The Balaban J connectivity index is 1.86. The number of rotatable bonds is 5. The molecule has 0 saturated carbocycles. The number of aryl methyl sites for hydroxylation is 1. The topological polar surface area (TPSA) is 88.4 Å². The van der Waals surface area contributed by atoms with Crippen molar-refractivity contribution in [3.05, 3.63) is 72.2 Å². The van der Waals surface area contributed by atoms with Crippen molar-refractivity contribution in [1.82, 2.24) is 0 Å². The van der Waals surface area contributed by atoms with Crippen LogP contribution in [0.1, 0.15) is 16.1 Å². The third-order valence-corrected chi connectivity index (χ3v) is 4.34. The van der Waals surface area contributed by atoms with Crippen LogP contribution in [-0.2, 0) is 10.0 Å². The number of benzene rings is 2. The molecule has 0 atom stereocenters. The van der Waals surface area contributed by atoms with E-state index < -0.39 is 15.9 Å². The third-order valence-electron chi connectivity index (χ3n) is 3.75. The lowest BCUT2D eigenvalue weighted by Gasteiger charge is -2.11. The summed E-state index contributed by atoms with van der Waals surface area (Å²) < 4.78 is 30.7. The smallest absolute Gasteiger partial charge is 0.292 e. The Hall–Kier alpha value is -3.06. The minimum atomic E-state index is -3.41. The number of amides is 1. The van der Waals surface area contributed by atoms with Gasteiger partial charge in [-0.05, 0) is 36.2 Å². The van der Waals surface area contributed by atoms with Gasteiger partial charge in [-0.25, -0.2) is 8.42 Å². The number of anilines is 2. The number of carbonyl (C=O) groups is 1. The molecule has 0 unspecified atom stereocenters.